The highest BCUT2D eigenvalue weighted by Crippen LogP contribution is 2.41. The number of anilines is 3. The minimum absolute atomic E-state index is 0.915. The van der Waals surface area contributed by atoms with Crippen molar-refractivity contribution in [2.75, 3.05) is 4.90 Å². The molecule has 0 amide bonds. The summed E-state index contributed by atoms with van der Waals surface area (Å²) in [6.07, 6.45) is 0. The number of nitrogens with zero attached hydrogens (tertiary/aromatic N) is 1. The van der Waals surface area contributed by atoms with Crippen molar-refractivity contribution in [2.24, 2.45) is 0 Å². The van der Waals surface area contributed by atoms with Crippen molar-refractivity contribution >= 4 is 71.3 Å². The number of hydrogen-bond acceptors (Lipinski definition) is 2. The molecule has 0 N–H and O–H groups in total. The van der Waals surface area contributed by atoms with E-state index in [4.69, 9.17) is 4.42 Å². The van der Waals surface area contributed by atoms with Gasteiger partial charge in [-0.3, -0.25) is 0 Å². The molecule has 2 nitrogen and oxygen atoms in total. The fourth-order valence-electron chi connectivity index (χ4n) is 7.62. The van der Waals surface area contributed by atoms with Gasteiger partial charge in [0.1, 0.15) is 11.2 Å². The first-order valence-electron chi connectivity index (χ1n) is 17.1. The van der Waals surface area contributed by atoms with Gasteiger partial charge in [0, 0.05) is 33.2 Å². The van der Waals surface area contributed by atoms with E-state index in [9.17, 15) is 0 Å². The molecule has 234 valence electrons. The van der Waals surface area contributed by atoms with Crippen LogP contribution in [-0.2, 0) is 0 Å². The molecule has 0 radical (unpaired) electrons. The lowest BCUT2D eigenvalue weighted by molar-refractivity contribution is 0.672. The first-order valence-corrected chi connectivity index (χ1v) is 17.1. The van der Waals surface area contributed by atoms with Crippen LogP contribution >= 0.6 is 0 Å². The highest BCUT2D eigenvalue weighted by Gasteiger charge is 2.17. The lowest BCUT2D eigenvalue weighted by Gasteiger charge is -2.26. The molecule has 0 saturated heterocycles. The van der Waals surface area contributed by atoms with Crippen LogP contribution < -0.4 is 4.90 Å². The van der Waals surface area contributed by atoms with Crippen LogP contribution in [0.3, 0.4) is 0 Å². The van der Waals surface area contributed by atoms with Gasteiger partial charge in [-0.25, -0.2) is 0 Å². The summed E-state index contributed by atoms with van der Waals surface area (Å²) in [7, 11) is 0. The third-order valence-corrected chi connectivity index (χ3v) is 10.1. The zero-order valence-electron chi connectivity index (χ0n) is 27.3. The van der Waals surface area contributed by atoms with Crippen molar-refractivity contribution in [3.63, 3.8) is 0 Å². The van der Waals surface area contributed by atoms with E-state index < -0.39 is 0 Å². The number of hydrogen-bond donors (Lipinski definition) is 0. The maximum Gasteiger partial charge on any atom is 0.143 e. The fraction of sp³-hybridized carbons (Fsp3) is 0. The van der Waals surface area contributed by atoms with Crippen LogP contribution in [0, 0.1) is 0 Å². The lowest BCUT2D eigenvalue weighted by Crippen LogP contribution is -2.09. The lowest BCUT2D eigenvalue weighted by atomic mass is 9.97. The summed E-state index contributed by atoms with van der Waals surface area (Å²) in [5.41, 5.74) is 9.99. The van der Waals surface area contributed by atoms with E-state index >= 15 is 0 Å². The Morgan fingerprint density at radius 1 is 0.320 bits per heavy atom. The van der Waals surface area contributed by atoms with Gasteiger partial charge < -0.3 is 9.32 Å². The van der Waals surface area contributed by atoms with Crippen molar-refractivity contribution < 1.29 is 4.42 Å². The molecular weight excluding hydrogens is 607 g/mol. The summed E-state index contributed by atoms with van der Waals surface area (Å²) in [5, 5.41) is 9.55. The Labute approximate surface area is 290 Å². The van der Waals surface area contributed by atoms with Crippen LogP contribution in [-0.4, -0.2) is 0 Å². The van der Waals surface area contributed by atoms with Crippen molar-refractivity contribution in [2.45, 2.75) is 0 Å². The molecule has 10 aromatic rings. The molecule has 0 aliphatic carbocycles. The smallest absolute Gasteiger partial charge is 0.143 e. The van der Waals surface area contributed by atoms with Gasteiger partial charge in [0.15, 0.2) is 0 Å². The van der Waals surface area contributed by atoms with Gasteiger partial charge in [-0.05, 0) is 104 Å². The molecule has 0 saturated carbocycles. The van der Waals surface area contributed by atoms with E-state index in [0.717, 1.165) is 49.8 Å². The van der Waals surface area contributed by atoms with Gasteiger partial charge in [-0.15, -0.1) is 0 Å². The van der Waals surface area contributed by atoms with E-state index in [1.807, 2.05) is 12.1 Å². The fourth-order valence-corrected chi connectivity index (χ4v) is 7.62. The highest BCUT2D eigenvalue weighted by molar-refractivity contribution is 6.15. The molecule has 1 heterocycles. The van der Waals surface area contributed by atoms with Crippen LogP contribution in [0.5, 0.6) is 0 Å². The molecule has 9 aromatic carbocycles. The second-order valence-electron chi connectivity index (χ2n) is 12.9. The zero-order chi connectivity index (χ0) is 33.0. The second-order valence-corrected chi connectivity index (χ2v) is 12.9. The van der Waals surface area contributed by atoms with Crippen molar-refractivity contribution in [1.82, 2.24) is 0 Å². The number of rotatable bonds is 5. The number of benzene rings is 9. The van der Waals surface area contributed by atoms with Gasteiger partial charge in [0.2, 0.25) is 0 Å². The van der Waals surface area contributed by atoms with Crippen molar-refractivity contribution in [3.05, 3.63) is 188 Å². The van der Waals surface area contributed by atoms with Gasteiger partial charge >= 0.3 is 0 Å². The normalized spacial score (nSPS) is 11.6. The number of furan rings is 1. The SMILES string of the molecule is c1ccc2c(-c3ccc(N(c4ccc(-c5cccc6ccccc56)cc4)c4ccc5c(ccc6c7ccccc7oc56)c4)cc3)cccc2c1. The minimum atomic E-state index is 0.915. The van der Waals surface area contributed by atoms with Gasteiger partial charge in [0.25, 0.3) is 0 Å². The number of para-hydroxylation sites is 1. The van der Waals surface area contributed by atoms with E-state index in [1.165, 1.54) is 43.8 Å². The minimum Gasteiger partial charge on any atom is -0.455 e. The monoisotopic (exact) mass is 637 g/mol. The molecule has 0 spiro atoms. The van der Waals surface area contributed by atoms with Gasteiger partial charge in [-0.1, -0.05) is 133 Å². The molecule has 2 heteroatoms. The standard InChI is InChI=1S/C48H31NO/c1-3-13-40-32(9-1)11-7-16-42(40)34-19-24-37(25-20-34)49(38-26-21-35(22-27-38)43-17-8-12-33-10-2-4-14-41(33)43)39-28-30-44-36(31-39)23-29-46-45-15-5-6-18-47(45)50-48(44)46/h1-31H. The largest absolute Gasteiger partial charge is 0.455 e. The average molecular weight is 638 g/mol. The Balaban J connectivity index is 1.11. The zero-order valence-corrected chi connectivity index (χ0v) is 27.3. The third kappa shape index (κ3) is 4.65. The van der Waals surface area contributed by atoms with Crippen LogP contribution in [0.4, 0.5) is 17.1 Å². The maximum absolute atomic E-state index is 6.39. The first kappa shape index (κ1) is 28.4. The third-order valence-electron chi connectivity index (χ3n) is 10.1. The van der Waals surface area contributed by atoms with Crippen molar-refractivity contribution in [1.29, 1.82) is 0 Å². The molecule has 0 aliphatic rings. The predicted octanol–water partition coefficient (Wildman–Crippen LogP) is 13.8. The van der Waals surface area contributed by atoms with Gasteiger partial charge in [0.05, 0.1) is 0 Å². The van der Waals surface area contributed by atoms with Gasteiger partial charge in [-0.2, -0.15) is 0 Å². The Hall–Kier alpha value is -6.64. The predicted molar refractivity (Wildman–Crippen MR) is 212 cm³/mol. The van der Waals surface area contributed by atoms with E-state index in [1.54, 1.807) is 0 Å². The van der Waals surface area contributed by atoms with E-state index in [0.29, 0.717) is 0 Å². The Bertz CT molecular complexity index is 2730. The summed E-state index contributed by atoms with van der Waals surface area (Å²) in [5.74, 6) is 0. The second kappa shape index (κ2) is 11.5. The Morgan fingerprint density at radius 2 is 0.820 bits per heavy atom. The van der Waals surface area contributed by atoms with Crippen LogP contribution in [0.25, 0.3) is 76.5 Å². The van der Waals surface area contributed by atoms with Crippen LogP contribution in [0.2, 0.25) is 0 Å². The molecule has 1 aromatic heterocycles. The van der Waals surface area contributed by atoms with Crippen LogP contribution in [0.1, 0.15) is 0 Å². The summed E-state index contributed by atoms with van der Waals surface area (Å²) in [4.78, 5) is 2.35. The van der Waals surface area contributed by atoms with E-state index in [-0.39, 0.29) is 0 Å². The molecule has 0 atom stereocenters. The highest BCUT2D eigenvalue weighted by atomic mass is 16.3. The topological polar surface area (TPSA) is 16.4 Å². The molecule has 0 fully saturated rings. The summed E-state index contributed by atoms with van der Waals surface area (Å²) in [6, 6.07) is 67.6. The molecular formula is C48H31NO. The summed E-state index contributed by atoms with van der Waals surface area (Å²) in [6.45, 7) is 0. The molecule has 10 rings (SSSR count). The van der Waals surface area contributed by atoms with Crippen LogP contribution in [0.15, 0.2) is 192 Å². The Kier molecular flexibility index (Phi) is 6.53. The number of fused-ring (bicyclic) bond motifs is 7. The average Bonchev–Trinajstić information content (AvgIpc) is 3.57. The molecule has 0 bridgehead atoms. The summed E-state index contributed by atoms with van der Waals surface area (Å²) < 4.78 is 6.39. The summed E-state index contributed by atoms with van der Waals surface area (Å²) >= 11 is 0. The van der Waals surface area contributed by atoms with E-state index in [2.05, 4.69) is 181 Å². The maximum atomic E-state index is 6.39. The molecule has 0 aliphatic heterocycles. The molecule has 50 heavy (non-hydrogen) atoms. The molecule has 0 unspecified atom stereocenters. The quantitative estimate of drug-likeness (QED) is 0.187. The van der Waals surface area contributed by atoms with Crippen molar-refractivity contribution in [3.8, 4) is 22.3 Å². The Morgan fingerprint density at radius 3 is 1.44 bits per heavy atom. The first-order chi connectivity index (χ1) is 24.8.